The zero-order valence-corrected chi connectivity index (χ0v) is 12.4. The van der Waals surface area contributed by atoms with Crippen molar-refractivity contribution in [2.45, 2.75) is 6.54 Å². The molecule has 21 heavy (non-hydrogen) atoms. The van der Waals surface area contributed by atoms with Crippen LogP contribution in [0.15, 0.2) is 18.2 Å². The van der Waals surface area contributed by atoms with Crippen molar-refractivity contribution in [3.05, 3.63) is 35.1 Å². The second-order valence-electron chi connectivity index (χ2n) is 5.50. The summed E-state index contributed by atoms with van der Waals surface area (Å²) in [5.74, 6) is -0.979. The fraction of sp³-hybridized carbons (Fsp3) is 0.533. The van der Waals surface area contributed by atoms with E-state index >= 15 is 0 Å². The summed E-state index contributed by atoms with van der Waals surface area (Å²) in [5, 5.41) is 3.32. The van der Waals surface area contributed by atoms with Crippen molar-refractivity contribution in [3.63, 3.8) is 0 Å². The number of nitrogens with two attached hydrogens (primary N) is 1. The summed E-state index contributed by atoms with van der Waals surface area (Å²) in [5.41, 5.74) is 5.93. The molecule has 1 fully saturated rings. The summed E-state index contributed by atoms with van der Waals surface area (Å²) in [6.07, 6.45) is 0. The van der Waals surface area contributed by atoms with Gasteiger partial charge in [0, 0.05) is 56.9 Å². The first-order valence-electron chi connectivity index (χ1n) is 7.26. The number of hydrogen-bond donors (Lipinski definition) is 2. The predicted octanol–water partition coefficient (Wildman–Crippen LogP) is 0.262. The van der Waals surface area contributed by atoms with Crippen LogP contribution in [0.3, 0.4) is 0 Å². The molecule has 3 N–H and O–H groups in total. The van der Waals surface area contributed by atoms with Gasteiger partial charge in [0.05, 0.1) is 0 Å². The Labute approximate surface area is 124 Å². The Morgan fingerprint density at radius 3 is 2.76 bits per heavy atom. The van der Waals surface area contributed by atoms with Gasteiger partial charge >= 0.3 is 0 Å². The molecule has 2 rings (SSSR count). The van der Waals surface area contributed by atoms with Crippen LogP contribution in [-0.2, 0) is 6.54 Å². The van der Waals surface area contributed by atoms with E-state index in [4.69, 9.17) is 5.73 Å². The molecule has 0 radical (unpaired) electrons. The Balaban J connectivity index is 1.84. The Kier molecular flexibility index (Phi) is 5.67. The maximum absolute atomic E-state index is 13.9. The van der Waals surface area contributed by atoms with Crippen molar-refractivity contribution < 1.29 is 9.18 Å². The number of hydrogen-bond acceptors (Lipinski definition) is 4. The number of halogens is 1. The molecule has 0 bridgehead atoms. The molecule has 5 nitrogen and oxygen atoms in total. The highest BCUT2D eigenvalue weighted by atomic mass is 19.1. The van der Waals surface area contributed by atoms with Crippen LogP contribution in [0, 0.1) is 5.82 Å². The number of piperazine rings is 1. The van der Waals surface area contributed by atoms with Gasteiger partial charge in [0.2, 0.25) is 5.91 Å². The minimum Gasteiger partial charge on any atom is -0.366 e. The van der Waals surface area contributed by atoms with Gasteiger partial charge < -0.3 is 16.0 Å². The Morgan fingerprint density at radius 1 is 1.43 bits per heavy atom. The molecule has 6 heteroatoms. The molecule has 1 heterocycles. The van der Waals surface area contributed by atoms with Crippen LogP contribution >= 0.6 is 0 Å². The van der Waals surface area contributed by atoms with Gasteiger partial charge in [-0.3, -0.25) is 9.69 Å². The lowest BCUT2D eigenvalue weighted by Gasteiger charge is -2.29. The molecule has 1 aromatic carbocycles. The molecular weight excluding hydrogens is 271 g/mol. The molecule has 116 valence electrons. The van der Waals surface area contributed by atoms with Crippen LogP contribution in [-0.4, -0.2) is 62.0 Å². The van der Waals surface area contributed by atoms with E-state index in [9.17, 15) is 9.18 Å². The molecule has 1 amide bonds. The molecule has 1 aliphatic heterocycles. The molecule has 0 saturated carbocycles. The summed E-state index contributed by atoms with van der Waals surface area (Å²) in [7, 11) is 1.98. The first kappa shape index (κ1) is 15.9. The van der Waals surface area contributed by atoms with Crippen LogP contribution < -0.4 is 11.1 Å². The summed E-state index contributed by atoms with van der Waals surface area (Å²) in [4.78, 5) is 15.5. The summed E-state index contributed by atoms with van der Waals surface area (Å²) in [6.45, 7) is 6.60. The molecule has 0 atom stereocenters. The lowest BCUT2D eigenvalue weighted by Crippen LogP contribution is -2.45. The lowest BCUT2D eigenvalue weighted by atomic mass is 10.1. The van der Waals surface area contributed by atoms with E-state index in [0.717, 1.165) is 39.3 Å². The van der Waals surface area contributed by atoms with Crippen LogP contribution in [0.5, 0.6) is 0 Å². The van der Waals surface area contributed by atoms with Gasteiger partial charge in [0.15, 0.2) is 0 Å². The lowest BCUT2D eigenvalue weighted by molar-refractivity contribution is 0.1000. The normalized spacial score (nSPS) is 16.3. The Bertz CT molecular complexity index is 489. The molecule has 0 spiro atoms. The van der Waals surface area contributed by atoms with Crippen molar-refractivity contribution in [2.75, 3.05) is 46.3 Å². The first-order valence-corrected chi connectivity index (χ1v) is 7.26. The number of likely N-dealkylation sites (N-methyl/N-ethyl adjacent to an activating group) is 1. The smallest absolute Gasteiger partial charge is 0.248 e. The number of nitrogens with one attached hydrogen (secondary N) is 1. The van der Waals surface area contributed by atoms with Gasteiger partial charge in [0.1, 0.15) is 5.82 Å². The SMILES string of the molecule is CN(CCN1CCNCC1)Cc1ccc(C(N)=O)cc1F. The van der Waals surface area contributed by atoms with Crippen molar-refractivity contribution in [2.24, 2.45) is 5.73 Å². The average molecular weight is 294 g/mol. The first-order chi connectivity index (χ1) is 10.1. The fourth-order valence-electron chi connectivity index (χ4n) is 2.45. The van der Waals surface area contributed by atoms with Crippen molar-refractivity contribution in [1.82, 2.24) is 15.1 Å². The van der Waals surface area contributed by atoms with E-state index in [2.05, 4.69) is 15.1 Å². The van der Waals surface area contributed by atoms with E-state index in [1.165, 1.54) is 6.07 Å². The highest BCUT2D eigenvalue weighted by Gasteiger charge is 2.12. The number of amides is 1. The monoisotopic (exact) mass is 294 g/mol. The highest BCUT2D eigenvalue weighted by molar-refractivity contribution is 5.92. The number of rotatable bonds is 6. The summed E-state index contributed by atoms with van der Waals surface area (Å²) >= 11 is 0. The van der Waals surface area contributed by atoms with Crippen LogP contribution in [0.25, 0.3) is 0 Å². The van der Waals surface area contributed by atoms with Crippen molar-refractivity contribution >= 4 is 5.91 Å². The minimum absolute atomic E-state index is 0.208. The van der Waals surface area contributed by atoms with Crippen LogP contribution in [0.1, 0.15) is 15.9 Å². The summed E-state index contributed by atoms with van der Waals surface area (Å²) in [6, 6.07) is 4.42. The molecule has 1 saturated heterocycles. The maximum Gasteiger partial charge on any atom is 0.248 e. The zero-order chi connectivity index (χ0) is 15.2. The second kappa shape index (κ2) is 7.49. The molecule has 0 aliphatic carbocycles. The number of benzene rings is 1. The van der Waals surface area contributed by atoms with Gasteiger partial charge in [-0.25, -0.2) is 4.39 Å². The predicted molar refractivity (Wildman–Crippen MR) is 80.6 cm³/mol. The van der Waals surface area contributed by atoms with E-state index < -0.39 is 5.91 Å². The Morgan fingerprint density at radius 2 is 2.14 bits per heavy atom. The van der Waals surface area contributed by atoms with Gasteiger partial charge in [-0.1, -0.05) is 6.07 Å². The van der Waals surface area contributed by atoms with E-state index in [-0.39, 0.29) is 11.4 Å². The molecular formula is C15H23FN4O. The topological polar surface area (TPSA) is 61.6 Å². The standard InChI is InChI=1S/C15H23FN4O/c1-19(8-9-20-6-4-18-5-7-20)11-13-3-2-12(15(17)21)10-14(13)16/h2-3,10,18H,4-9,11H2,1H3,(H2,17,21). The Hall–Kier alpha value is -1.50. The third-order valence-electron chi connectivity index (χ3n) is 3.79. The minimum atomic E-state index is -0.604. The number of nitrogens with zero attached hydrogens (tertiary/aromatic N) is 2. The van der Waals surface area contributed by atoms with Crippen molar-refractivity contribution in [1.29, 1.82) is 0 Å². The largest absolute Gasteiger partial charge is 0.366 e. The van der Waals surface area contributed by atoms with Crippen LogP contribution in [0.4, 0.5) is 4.39 Å². The summed E-state index contributed by atoms with van der Waals surface area (Å²) < 4.78 is 13.9. The molecule has 0 aromatic heterocycles. The van der Waals surface area contributed by atoms with Gasteiger partial charge in [-0.15, -0.1) is 0 Å². The van der Waals surface area contributed by atoms with E-state index in [1.807, 2.05) is 7.05 Å². The van der Waals surface area contributed by atoms with Crippen LogP contribution in [0.2, 0.25) is 0 Å². The third-order valence-corrected chi connectivity index (χ3v) is 3.79. The number of primary amides is 1. The van der Waals surface area contributed by atoms with E-state index in [0.29, 0.717) is 12.1 Å². The molecule has 1 aromatic rings. The molecule has 0 unspecified atom stereocenters. The van der Waals surface area contributed by atoms with Gasteiger partial charge in [0.25, 0.3) is 0 Å². The highest BCUT2D eigenvalue weighted by Crippen LogP contribution is 2.12. The number of carbonyl (C=O) groups excluding carboxylic acids is 1. The van der Waals surface area contributed by atoms with Gasteiger partial charge in [-0.05, 0) is 19.2 Å². The average Bonchev–Trinajstić information content (AvgIpc) is 2.48. The van der Waals surface area contributed by atoms with E-state index in [1.54, 1.807) is 12.1 Å². The maximum atomic E-state index is 13.9. The third kappa shape index (κ3) is 4.77. The zero-order valence-electron chi connectivity index (χ0n) is 12.4. The molecule has 1 aliphatic rings. The fourth-order valence-corrected chi connectivity index (χ4v) is 2.45. The van der Waals surface area contributed by atoms with Crippen molar-refractivity contribution in [3.8, 4) is 0 Å². The van der Waals surface area contributed by atoms with Gasteiger partial charge in [-0.2, -0.15) is 0 Å². The second-order valence-corrected chi connectivity index (χ2v) is 5.50. The number of carbonyl (C=O) groups is 1. The quantitative estimate of drug-likeness (QED) is 0.790.